The number of nitrogens with one attached hydrogen (secondary N) is 1. The Morgan fingerprint density at radius 1 is 1.19 bits per heavy atom. The number of carbonyl (C=O) groups excluding carboxylic acids is 1. The standard InChI is InChI=1S/C19H20ClFN2O3S/c1-13-4-2-3-11-23(13)27(25,26)16-8-5-14(6-9-16)19(24)22-18-12-15(20)7-10-17(18)21/h5-10,12-13H,2-4,11H2,1H3,(H,22,24). The van der Waals surface area contributed by atoms with Crippen molar-refractivity contribution in [2.45, 2.75) is 37.1 Å². The van der Waals surface area contributed by atoms with Gasteiger partial charge in [0.2, 0.25) is 10.0 Å². The van der Waals surface area contributed by atoms with Crippen molar-refractivity contribution in [2.75, 3.05) is 11.9 Å². The fourth-order valence-electron chi connectivity index (χ4n) is 3.13. The van der Waals surface area contributed by atoms with Gasteiger partial charge in [-0.25, -0.2) is 12.8 Å². The van der Waals surface area contributed by atoms with Gasteiger partial charge in [-0.15, -0.1) is 0 Å². The van der Waals surface area contributed by atoms with Crippen LogP contribution < -0.4 is 5.32 Å². The molecule has 0 aliphatic carbocycles. The van der Waals surface area contributed by atoms with Crippen molar-refractivity contribution in [3.8, 4) is 0 Å². The van der Waals surface area contributed by atoms with Gasteiger partial charge in [0.05, 0.1) is 10.6 Å². The first kappa shape index (κ1) is 19.8. The van der Waals surface area contributed by atoms with Crippen LogP contribution in [-0.4, -0.2) is 31.2 Å². The zero-order valence-electron chi connectivity index (χ0n) is 14.8. The maximum Gasteiger partial charge on any atom is 0.255 e. The lowest BCUT2D eigenvalue weighted by molar-refractivity contribution is 0.102. The van der Waals surface area contributed by atoms with Crippen molar-refractivity contribution in [3.63, 3.8) is 0 Å². The fraction of sp³-hybridized carbons (Fsp3) is 0.316. The molecular weight excluding hydrogens is 391 g/mol. The predicted molar refractivity (Wildman–Crippen MR) is 103 cm³/mol. The molecule has 2 aromatic rings. The van der Waals surface area contributed by atoms with Gasteiger partial charge in [0, 0.05) is 23.2 Å². The average molecular weight is 411 g/mol. The minimum Gasteiger partial charge on any atom is -0.319 e. The topological polar surface area (TPSA) is 66.5 Å². The van der Waals surface area contributed by atoms with Gasteiger partial charge in [0.1, 0.15) is 5.82 Å². The summed E-state index contributed by atoms with van der Waals surface area (Å²) in [5.74, 6) is -1.16. The first-order valence-electron chi connectivity index (χ1n) is 8.67. The molecule has 3 rings (SSSR count). The Hall–Kier alpha value is -1.96. The van der Waals surface area contributed by atoms with E-state index in [2.05, 4.69) is 5.32 Å². The lowest BCUT2D eigenvalue weighted by Crippen LogP contribution is -2.41. The van der Waals surface area contributed by atoms with Crippen LogP contribution in [0.25, 0.3) is 0 Å². The Morgan fingerprint density at radius 3 is 2.56 bits per heavy atom. The molecule has 27 heavy (non-hydrogen) atoms. The van der Waals surface area contributed by atoms with Gasteiger partial charge in [-0.2, -0.15) is 4.31 Å². The lowest BCUT2D eigenvalue weighted by Gasteiger charge is -2.32. The van der Waals surface area contributed by atoms with Crippen molar-refractivity contribution < 1.29 is 17.6 Å². The number of carbonyl (C=O) groups is 1. The summed E-state index contributed by atoms with van der Waals surface area (Å²) in [6, 6.07) is 9.45. The highest BCUT2D eigenvalue weighted by molar-refractivity contribution is 7.89. The van der Waals surface area contributed by atoms with Crippen LogP contribution in [0.5, 0.6) is 0 Å². The number of rotatable bonds is 4. The van der Waals surface area contributed by atoms with Gasteiger partial charge in [-0.05, 0) is 62.2 Å². The Balaban J connectivity index is 1.78. The van der Waals surface area contributed by atoms with Crippen LogP contribution in [-0.2, 0) is 10.0 Å². The average Bonchev–Trinajstić information content (AvgIpc) is 2.65. The van der Waals surface area contributed by atoms with E-state index in [1.54, 1.807) is 0 Å². The number of anilines is 1. The number of hydrogen-bond acceptors (Lipinski definition) is 3. The molecule has 2 aromatic carbocycles. The predicted octanol–water partition coefficient (Wildman–Crippen LogP) is 4.29. The van der Waals surface area contributed by atoms with E-state index in [1.165, 1.54) is 40.7 Å². The second kappa shape index (κ2) is 7.96. The molecule has 0 spiro atoms. The summed E-state index contributed by atoms with van der Waals surface area (Å²) in [5, 5.41) is 2.73. The quantitative estimate of drug-likeness (QED) is 0.817. The summed E-state index contributed by atoms with van der Waals surface area (Å²) in [4.78, 5) is 12.5. The number of benzene rings is 2. The monoisotopic (exact) mass is 410 g/mol. The van der Waals surface area contributed by atoms with Crippen molar-refractivity contribution in [1.29, 1.82) is 0 Å². The van der Waals surface area contributed by atoms with E-state index >= 15 is 0 Å². The molecule has 5 nitrogen and oxygen atoms in total. The molecule has 1 fully saturated rings. The van der Waals surface area contributed by atoms with Crippen LogP contribution in [0.15, 0.2) is 47.4 Å². The maximum absolute atomic E-state index is 13.8. The SMILES string of the molecule is CC1CCCCN1S(=O)(=O)c1ccc(C(=O)Nc2cc(Cl)ccc2F)cc1. The van der Waals surface area contributed by atoms with E-state index < -0.39 is 21.7 Å². The number of amides is 1. The highest BCUT2D eigenvalue weighted by atomic mass is 35.5. The smallest absolute Gasteiger partial charge is 0.255 e. The summed E-state index contributed by atoms with van der Waals surface area (Å²) in [5.41, 5.74) is 0.186. The second-order valence-electron chi connectivity index (χ2n) is 6.56. The maximum atomic E-state index is 13.8. The molecule has 1 aliphatic heterocycles. The van der Waals surface area contributed by atoms with Crippen LogP contribution in [0.3, 0.4) is 0 Å². The minimum absolute atomic E-state index is 0.0358. The van der Waals surface area contributed by atoms with Crippen molar-refractivity contribution in [3.05, 3.63) is 58.9 Å². The Labute approximate surface area is 163 Å². The van der Waals surface area contributed by atoms with E-state index in [0.29, 0.717) is 11.6 Å². The first-order valence-corrected chi connectivity index (χ1v) is 10.5. The number of sulfonamides is 1. The van der Waals surface area contributed by atoms with Gasteiger partial charge < -0.3 is 5.32 Å². The summed E-state index contributed by atoms with van der Waals surface area (Å²) < 4.78 is 40.9. The van der Waals surface area contributed by atoms with Crippen LogP contribution in [0.2, 0.25) is 5.02 Å². The molecule has 1 heterocycles. The number of piperidine rings is 1. The molecule has 1 saturated heterocycles. The Bertz CT molecular complexity index is 948. The molecule has 0 aromatic heterocycles. The number of hydrogen-bond donors (Lipinski definition) is 1. The van der Waals surface area contributed by atoms with Crippen LogP contribution in [0, 0.1) is 5.82 Å². The molecule has 1 aliphatic rings. The normalized spacial score (nSPS) is 18.3. The Kier molecular flexibility index (Phi) is 5.83. The van der Waals surface area contributed by atoms with Crippen molar-refractivity contribution in [1.82, 2.24) is 4.31 Å². The third-order valence-corrected chi connectivity index (χ3v) is 6.90. The van der Waals surface area contributed by atoms with E-state index in [4.69, 9.17) is 11.6 Å². The molecule has 1 amide bonds. The van der Waals surface area contributed by atoms with Gasteiger partial charge in [-0.1, -0.05) is 18.0 Å². The summed E-state index contributed by atoms with van der Waals surface area (Å²) in [7, 11) is -3.60. The third kappa shape index (κ3) is 4.31. The Morgan fingerprint density at radius 2 is 1.89 bits per heavy atom. The molecular formula is C19H20ClFN2O3S. The zero-order chi connectivity index (χ0) is 19.6. The fourth-order valence-corrected chi connectivity index (χ4v) is 5.00. The molecule has 1 atom stereocenters. The van der Waals surface area contributed by atoms with E-state index in [9.17, 15) is 17.6 Å². The largest absolute Gasteiger partial charge is 0.319 e. The third-order valence-electron chi connectivity index (χ3n) is 4.64. The summed E-state index contributed by atoms with van der Waals surface area (Å²) in [6.45, 7) is 2.40. The molecule has 8 heteroatoms. The highest BCUT2D eigenvalue weighted by Gasteiger charge is 2.30. The van der Waals surface area contributed by atoms with Crippen LogP contribution in [0.1, 0.15) is 36.5 Å². The van der Waals surface area contributed by atoms with Crippen molar-refractivity contribution in [2.24, 2.45) is 0 Å². The summed E-state index contributed by atoms with van der Waals surface area (Å²) >= 11 is 5.81. The second-order valence-corrected chi connectivity index (χ2v) is 8.89. The molecule has 144 valence electrons. The van der Waals surface area contributed by atoms with Crippen LogP contribution >= 0.6 is 11.6 Å². The number of nitrogens with zero attached hydrogens (tertiary/aromatic N) is 1. The van der Waals surface area contributed by atoms with E-state index in [0.717, 1.165) is 25.3 Å². The van der Waals surface area contributed by atoms with Gasteiger partial charge in [-0.3, -0.25) is 4.79 Å². The van der Waals surface area contributed by atoms with E-state index in [-0.39, 0.29) is 22.2 Å². The zero-order valence-corrected chi connectivity index (χ0v) is 16.4. The molecule has 0 saturated carbocycles. The summed E-state index contributed by atoms with van der Waals surface area (Å²) in [6.07, 6.45) is 2.70. The van der Waals surface area contributed by atoms with Gasteiger partial charge in [0.15, 0.2) is 0 Å². The minimum atomic E-state index is -3.60. The molecule has 0 bridgehead atoms. The van der Waals surface area contributed by atoms with E-state index in [1.807, 2.05) is 6.92 Å². The highest BCUT2D eigenvalue weighted by Crippen LogP contribution is 2.25. The van der Waals surface area contributed by atoms with Crippen molar-refractivity contribution >= 4 is 33.2 Å². The number of halogens is 2. The lowest BCUT2D eigenvalue weighted by atomic mass is 10.1. The molecule has 0 radical (unpaired) electrons. The first-order chi connectivity index (χ1) is 12.8. The molecule has 1 N–H and O–H groups in total. The van der Waals surface area contributed by atoms with Gasteiger partial charge >= 0.3 is 0 Å². The molecule has 1 unspecified atom stereocenters. The van der Waals surface area contributed by atoms with Crippen LogP contribution in [0.4, 0.5) is 10.1 Å². The van der Waals surface area contributed by atoms with Gasteiger partial charge in [0.25, 0.3) is 5.91 Å².